The van der Waals surface area contributed by atoms with Crippen LogP contribution in [0.5, 0.6) is 11.5 Å². The van der Waals surface area contributed by atoms with Crippen molar-refractivity contribution >= 4 is 20.0 Å². The van der Waals surface area contributed by atoms with Crippen LogP contribution >= 0.6 is 8.58 Å². The van der Waals surface area contributed by atoms with E-state index in [2.05, 4.69) is 13.3 Å². The molecule has 4 rings (SSSR count). The lowest BCUT2D eigenvalue weighted by molar-refractivity contribution is 0.483. The van der Waals surface area contributed by atoms with E-state index in [4.69, 9.17) is 16.2 Å². The van der Waals surface area contributed by atoms with Gasteiger partial charge in [0.15, 0.2) is 0 Å². The van der Waals surface area contributed by atoms with Crippen molar-refractivity contribution in [1.82, 2.24) is 0 Å². The summed E-state index contributed by atoms with van der Waals surface area (Å²) in [6, 6.07) is 23.0. The van der Waals surface area contributed by atoms with Gasteiger partial charge in [0.25, 0.3) is 0 Å². The maximum absolute atomic E-state index is 14.0. The van der Waals surface area contributed by atoms with E-state index >= 15 is 0 Å². The number of hydrogen-bond donors (Lipinski definition) is 2. The molecule has 0 heterocycles. The highest BCUT2D eigenvalue weighted by Crippen LogP contribution is 2.31. The topological polar surface area (TPSA) is 61.3 Å². The molecule has 3 nitrogen and oxygen atoms in total. The van der Waals surface area contributed by atoms with Crippen LogP contribution in [0, 0.1) is 11.6 Å². The van der Waals surface area contributed by atoms with Gasteiger partial charge in [-0.15, -0.1) is 8.58 Å². The number of rotatable bonds is 4. The van der Waals surface area contributed by atoms with E-state index in [1.807, 2.05) is 0 Å². The second kappa shape index (κ2) is 10.7. The minimum Gasteiger partial charge on any atom is -0.457 e. The molecule has 0 fully saturated rings. The van der Waals surface area contributed by atoms with E-state index in [0.717, 1.165) is 8.58 Å². The van der Waals surface area contributed by atoms with E-state index in [1.165, 1.54) is 24.3 Å². The SMILES string of the molecule is CPC.Nc1ccc(F)c(-c2ccc(Oc3ccc(-c4cc(N)ccc4F)cc3)cc2)c1. The van der Waals surface area contributed by atoms with E-state index in [0.29, 0.717) is 45.1 Å². The molecule has 32 heavy (non-hydrogen) atoms. The lowest BCUT2D eigenvalue weighted by Gasteiger charge is -2.10. The van der Waals surface area contributed by atoms with Crippen molar-refractivity contribution in [2.24, 2.45) is 0 Å². The largest absolute Gasteiger partial charge is 0.457 e. The van der Waals surface area contributed by atoms with Crippen molar-refractivity contribution in [3.8, 4) is 33.8 Å². The molecule has 6 heteroatoms. The van der Waals surface area contributed by atoms with E-state index in [1.54, 1.807) is 60.7 Å². The van der Waals surface area contributed by atoms with Crippen molar-refractivity contribution < 1.29 is 13.5 Å². The molecule has 4 aromatic rings. The van der Waals surface area contributed by atoms with Gasteiger partial charge in [-0.2, -0.15) is 0 Å². The summed E-state index contributed by atoms with van der Waals surface area (Å²) in [5.41, 5.74) is 14.8. The average molecular weight is 450 g/mol. The molecule has 0 aliphatic rings. The predicted molar refractivity (Wildman–Crippen MR) is 133 cm³/mol. The molecule has 0 aliphatic heterocycles. The first-order valence-electron chi connectivity index (χ1n) is 9.98. The maximum Gasteiger partial charge on any atom is 0.131 e. The van der Waals surface area contributed by atoms with Gasteiger partial charge in [-0.25, -0.2) is 8.78 Å². The van der Waals surface area contributed by atoms with Crippen LogP contribution in [-0.2, 0) is 0 Å². The molecule has 0 atom stereocenters. The van der Waals surface area contributed by atoms with Crippen LogP contribution in [0.15, 0.2) is 84.9 Å². The van der Waals surface area contributed by atoms with Crippen LogP contribution in [-0.4, -0.2) is 13.3 Å². The molecule has 0 bridgehead atoms. The second-order valence-electron chi connectivity index (χ2n) is 7.13. The fourth-order valence-electron chi connectivity index (χ4n) is 3.07. The highest BCUT2D eigenvalue weighted by Gasteiger charge is 2.08. The first-order chi connectivity index (χ1) is 15.4. The van der Waals surface area contributed by atoms with Crippen LogP contribution in [0.2, 0.25) is 0 Å². The highest BCUT2D eigenvalue weighted by atomic mass is 31.1. The number of hydrogen-bond acceptors (Lipinski definition) is 3. The molecule has 0 saturated heterocycles. The summed E-state index contributed by atoms with van der Waals surface area (Å²) in [4.78, 5) is 0. The molecule has 0 aromatic heterocycles. The Balaban J connectivity index is 0.000000913. The lowest BCUT2D eigenvalue weighted by atomic mass is 10.0. The standard InChI is InChI=1S/C24H18F2N2O.C2H7P/c25-23-11-5-17(27)13-21(23)15-1-7-19(8-2-15)29-20-9-3-16(4-10-20)22-14-18(28)6-12-24(22)26;1-3-2/h1-14H,27-28H2;3H,1-2H3. The minimum atomic E-state index is -0.336. The van der Waals surface area contributed by atoms with Gasteiger partial charge in [0.1, 0.15) is 23.1 Å². The molecule has 0 aliphatic carbocycles. The van der Waals surface area contributed by atoms with Gasteiger partial charge in [-0.3, -0.25) is 0 Å². The Hall–Kier alpha value is -3.43. The minimum absolute atomic E-state index is 0.336. The molecule has 164 valence electrons. The molecule has 0 saturated carbocycles. The third kappa shape index (κ3) is 5.83. The number of benzene rings is 4. The van der Waals surface area contributed by atoms with Gasteiger partial charge < -0.3 is 16.2 Å². The number of halogens is 2. The van der Waals surface area contributed by atoms with Crippen LogP contribution in [0.25, 0.3) is 22.3 Å². The summed E-state index contributed by atoms with van der Waals surface area (Å²) in [6.07, 6.45) is 0. The van der Waals surface area contributed by atoms with Crippen molar-refractivity contribution in [3.05, 3.63) is 96.6 Å². The van der Waals surface area contributed by atoms with E-state index in [9.17, 15) is 8.78 Å². The van der Waals surface area contributed by atoms with E-state index < -0.39 is 0 Å². The molecule has 0 unspecified atom stereocenters. The van der Waals surface area contributed by atoms with Gasteiger partial charge in [-0.1, -0.05) is 24.3 Å². The average Bonchev–Trinajstić information content (AvgIpc) is 2.79. The van der Waals surface area contributed by atoms with Crippen molar-refractivity contribution in [1.29, 1.82) is 0 Å². The van der Waals surface area contributed by atoms with Crippen LogP contribution in [0.3, 0.4) is 0 Å². The second-order valence-corrected chi connectivity index (χ2v) is 8.13. The quantitative estimate of drug-likeness (QED) is 0.256. The molecule has 0 radical (unpaired) electrons. The smallest absolute Gasteiger partial charge is 0.131 e. The Labute approximate surface area is 188 Å². The molecule has 0 amide bonds. The summed E-state index contributed by atoms with van der Waals surface area (Å²) in [5, 5.41) is 0. The molecule has 4 aromatic carbocycles. The molecular weight excluding hydrogens is 425 g/mol. The third-order valence-corrected chi connectivity index (χ3v) is 4.55. The van der Waals surface area contributed by atoms with E-state index in [-0.39, 0.29) is 11.6 Å². The maximum atomic E-state index is 14.0. The van der Waals surface area contributed by atoms with Crippen molar-refractivity contribution in [2.45, 2.75) is 0 Å². The van der Waals surface area contributed by atoms with Gasteiger partial charge in [0, 0.05) is 22.5 Å². The Morgan fingerprint density at radius 1 is 0.594 bits per heavy atom. The van der Waals surface area contributed by atoms with Crippen molar-refractivity contribution in [2.75, 3.05) is 24.8 Å². The summed E-state index contributed by atoms with van der Waals surface area (Å²) in [6.45, 7) is 4.31. The Bertz CT molecular complexity index is 1090. The van der Waals surface area contributed by atoms with Crippen molar-refractivity contribution in [3.63, 3.8) is 0 Å². The summed E-state index contributed by atoms with van der Waals surface area (Å²) in [7, 11) is 1.08. The Morgan fingerprint density at radius 3 is 1.28 bits per heavy atom. The summed E-state index contributed by atoms with van der Waals surface area (Å²) in [5.74, 6) is 0.524. The normalized spacial score (nSPS) is 10.2. The highest BCUT2D eigenvalue weighted by molar-refractivity contribution is 7.35. The lowest BCUT2D eigenvalue weighted by Crippen LogP contribution is -1.91. The third-order valence-electron chi connectivity index (χ3n) is 4.55. The summed E-state index contributed by atoms with van der Waals surface area (Å²) >= 11 is 0. The number of nitrogens with two attached hydrogens (primary N) is 2. The molecule has 4 N–H and O–H groups in total. The van der Waals surface area contributed by atoms with Crippen LogP contribution in [0.1, 0.15) is 0 Å². The summed E-state index contributed by atoms with van der Waals surface area (Å²) < 4.78 is 33.9. The van der Waals surface area contributed by atoms with Gasteiger partial charge in [0.2, 0.25) is 0 Å². The van der Waals surface area contributed by atoms with Crippen LogP contribution in [0.4, 0.5) is 20.2 Å². The van der Waals surface area contributed by atoms with Gasteiger partial charge in [-0.05, 0) is 85.1 Å². The number of anilines is 2. The number of nitrogen functional groups attached to an aromatic ring is 2. The first-order valence-corrected chi connectivity index (χ1v) is 12.0. The zero-order valence-corrected chi connectivity index (χ0v) is 18.9. The zero-order valence-electron chi connectivity index (χ0n) is 17.9. The Kier molecular flexibility index (Phi) is 7.80. The van der Waals surface area contributed by atoms with Crippen LogP contribution < -0.4 is 16.2 Å². The van der Waals surface area contributed by atoms with Gasteiger partial charge >= 0.3 is 0 Å². The molecule has 0 spiro atoms. The fourth-order valence-corrected chi connectivity index (χ4v) is 3.07. The Morgan fingerprint density at radius 2 is 0.938 bits per heavy atom. The zero-order chi connectivity index (χ0) is 23.1. The molecular formula is C26H25F2N2OP. The predicted octanol–water partition coefficient (Wildman–Crippen LogP) is 7.18. The monoisotopic (exact) mass is 450 g/mol. The number of ether oxygens (including phenoxy) is 1. The fraction of sp³-hybridized carbons (Fsp3) is 0.0769. The van der Waals surface area contributed by atoms with Gasteiger partial charge in [0.05, 0.1) is 0 Å². The first kappa shape index (κ1) is 23.2.